The maximum atomic E-state index is 8.70. The first-order valence-electron chi connectivity index (χ1n) is 4.52. The van der Waals surface area contributed by atoms with E-state index in [9.17, 15) is 0 Å². The average Bonchev–Trinajstić information content (AvgIpc) is 2.66. The molecule has 0 saturated heterocycles. The molecule has 1 atom stereocenters. The van der Waals surface area contributed by atoms with Gasteiger partial charge in [0.15, 0.2) is 0 Å². The number of hydrogen-bond acceptors (Lipinski definition) is 3. The van der Waals surface area contributed by atoms with Gasteiger partial charge < -0.3 is 4.42 Å². The summed E-state index contributed by atoms with van der Waals surface area (Å²) in [6.45, 7) is 3.97. The smallest absolute Gasteiger partial charge is 0.112 e. The Bertz CT molecular complexity index is 394. The molecular weight excluding hydrogens is 176 g/mol. The summed E-state index contributed by atoms with van der Waals surface area (Å²) in [5.41, 5.74) is 0.238. The third-order valence-corrected chi connectivity index (χ3v) is 2.57. The fourth-order valence-corrected chi connectivity index (χ4v) is 1.27. The maximum absolute atomic E-state index is 8.70. The van der Waals surface area contributed by atoms with E-state index in [-0.39, 0.29) is 5.41 Å². The van der Waals surface area contributed by atoms with Crippen molar-refractivity contribution in [1.82, 2.24) is 0 Å². The highest BCUT2D eigenvalue weighted by molar-refractivity contribution is 5.30. The summed E-state index contributed by atoms with van der Waals surface area (Å²) in [4.78, 5) is 0. The van der Waals surface area contributed by atoms with Crippen molar-refractivity contribution < 1.29 is 4.42 Å². The van der Waals surface area contributed by atoms with Crippen LogP contribution in [0.15, 0.2) is 16.7 Å². The summed E-state index contributed by atoms with van der Waals surface area (Å²) in [5, 5.41) is 17.3. The highest BCUT2D eigenvalue weighted by Gasteiger charge is 2.28. The molecule has 0 aromatic carbocycles. The van der Waals surface area contributed by atoms with Crippen molar-refractivity contribution in [2.75, 3.05) is 0 Å². The van der Waals surface area contributed by atoms with E-state index in [1.165, 1.54) is 6.26 Å². The Balaban J connectivity index is 3.02. The molecule has 1 unspecified atom stereocenters. The summed E-state index contributed by atoms with van der Waals surface area (Å²) in [7, 11) is 0. The van der Waals surface area contributed by atoms with Gasteiger partial charge in [-0.2, -0.15) is 10.5 Å². The molecule has 0 spiro atoms. The van der Waals surface area contributed by atoms with Crippen LogP contribution in [-0.4, -0.2) is 0 Å². The number of furan rings is 1. The molecule has 0 bridgehead atoms. The first-order valence-corrected chi connectivity index (χ1v) is 4.52. The largest absolute Gasteiger partial charge is 0.467 e. The fraction of sp³-hybridized carbons (Fsp3) is 0.455. The molecule has 0 aliphatic carbocycles. The number of nitriles is 2. The minimum absolute atomic E-state index is 0.274. The van der Waals surface area contributed by atoms with Crippen molar-refractivity contribution >= 4 is 0 Å². The lowest BCUT2D eigenvalue weighted by molar-refractivity contribution is 0.354. The minimum atomic E-state index is -0.274. The molecule has 3 nitrogen and oxygen atoms in total. The Morgan fingerprint density at radius 1 is 1.50 bits per heavy atom. The van der Waals surface area contributed by atoms with Crippen LogP contribution in [0.3, 0.4) is 0 Å². The molecule has 0 N–H and O–H groups in total. The van der Waals surface area contributed by atoms with Gasteiger partial charge in [-0.05, 0) is 12.5 Å². The molecular formula is C11H12N2O. The first-order chi connectivity index (χ1) is 6.66. The summed E-state index contributed by atoms with van der Waals surface area (Å²) in [6, 6.07) is 5.86. The van der Waals surface area contributed by atoms with E-state index >= 15 is 0 Å². The van der Waals surface area contributed by atoms with Crippen molar-refractivity contribution in [3.8, 4) is 12.1 Å². The highest BCUT2D eigenvalue weighted by atomic mass is 16.3. The molecule has 0 aliphatic rings. The number of rotatable bonds is 3. The van der Waals surface area contributed by atoms with Crippen molar-refractivity contribution in [3.63, 3.8) is 0 Å². The van der Waals surface area contributed by atoms with Gasteiger partial charge in [0.1, 0.15) is 18.1 Å². The molecule has 1 heterocycles. The van der Waals surface area contributed by atoms with Crippen LogP contribution in [0.1, 0.15) is 38.0 Å². The van der Waals surface area contributed by atoms with Crippen molar-refractivity contribution in [1.29, 1.82) is 10.5 Å². The van der Waals surface area contributed by atoms with Gasteiger partial charge in [-0.3, -0.25) is 0 Å². The van der Waals surface area contributed by atoms with Crippen LogP contribution in [0.25, 0.3) is 0 Å². The number of hydrogen-bond donors (Lipinski definition) is 0. The monoisotopic (exact) mass is 188 g/mol. The van der Waals surface area contributed by atoms with Crippen LogP contribution in [0.2, 0.25) is 0 Å². The van der Waals surface area contributed by atoms with Crippen LogP contribution in [0.5, 0.6) is 0 Å². The van der Waals surface area contributed by atoms with E-state index in [1.807, 2.05) is 19.9 Å². The predicted molar refractivity (Wildman–Crippen MR) is 51.3 cm³/mol. The van der Waals surface area contributed by atoms with E-state index in [0.717, 1.165) is 12.2 Å². The third-order valence-electron chi connectivity index (χ3n) is 2.57. The van der Waals surface area contributed by atoms with Gasteiger partial charge in [0.05, 0.1) is 11.6 Å². The first kappa shape index (κ1) is 10.3. The lowest BCUT2D eigenvalue weighted by atomic mass is 9.82. The van der Waals surface area contributed by atoms with Gasteiger partial charge in [0.2, 0.25) is 0 Å². The second kappa shape index (κ2) is 3.98. The lowest BCUT2D eigenvalue weighted by Crippen LogP contribution is -2.19. The summed E-state index contributed by atoms with van der Waals surface area (Å²) < 4.78 is 5.29. The summed E-state index contributed by atoms with van der Waals surface area (Å²) in [6.07, 6.45) is 2.65. The summed E-state index contributed by atoms with van der Waals surface area (Å²) in [5.74, 6) is 0.720. The Hall–Kier alpha value is -1.74. The van der Waals surface area contributed by atoms with E-state index < -0.39 is 0 Å². The molecule has 0 aliphatic heterocycles. The van der Waals surface area contributed by atoms with Gasteiger partial charge in [0.25, 0.3) is 0 Å². The van der Waals surface area contributed by atoms with Crippen LogP contribution in [0, 0.1) is 22.7 Å². The Morgan fingerprint density at radius 2 is 2.21 bits per heavy atom. The molecule has 0 amide bonds. The van der Waals surface area contributed by atoms with Gasteiger partial charge in [0, 0.05) is 11.8 Å². The minimum Gasteiger partial charge on any atom is -0.467 e. The maximum Gasteiger partial charge on any atom is 0.112 e. The van der Waals surface area contributed by atoms with E-state index in [4.69, 9.17) is 14.9 Å². The topological polar surface area (TPSA) is 60.7 Å². The highest BCUT2D eigenvalue weighted by Crippen LogP contribution is 2.31. The molecule has 14 heavy (non-hydrogen) atoms. The zero-order valence-corrected chi connectivity index (χ0v) is 8.37. The van der Waals surface area contributed by atoms with E-state index in [0.29, 0.717) is 12.0 Å². The zero-order valence-electron chi connectivity index (χ0n) is 8.37. The molecule has 0 fully saturated rings. The normalized spacial score (nSPS) is 14.0. The fourth-order valence-electron chi connectivity index (χ4n) is 1.27. The second-order valence-corrected chi connectivity index (χ2v) is 3.56. The van der Waals surface area contributed by atoms with E-state index in [1.54, 1.807) is 6.07 Å². The molecule has 1 aromatic rings. The second-order valence-electron chi connectivity index (χ2n) is 3.56. The van der Waals surface area contributed by atoms with Gasteiger partial charge in [-0.1, -0.05) is 13.8 Å². The van der Waals surface area contributed by atoms with Crippen LogP contribution in [0.4, 0.5) is 0 Å². The van der Waals surface area contributed by atoms with Gasteiger partial charge >= 0.3 is 0 Å². The van der Waals surface area contributed by atoms with Crippen molar-refractivity contribution in [2.24, 2.45) is 0 Å². The molecule has 1 aromatic heterocycles. The van der Waals surface area contributed by atoms with Gasteiger partial charge in [-0.25, -0.2) is 0 Å². The molecule has 0 radical (unpaired) electrons. The van der Waals surface area contributed by atoms with E-state index in [2.05, 4.69) is 6.07 Å². The van der Waals surface area contributed by atoms with Crippen molar-refractivity contribution in [3.05, 3.63) is 23.7 Å². The Morgan fingerprint density at radius 3 is 2.64 bits per heavy atom. The standard InChI is InChI=1S/C11H12N2O/c1-3-11(2,4-5-12)10-6-9(7-13)8-14-10/h6,8H,3-4H2,1-2H3. The van der Waals surface area contributed by atoms with Crippen LogP contribution < -0.4 is 0 Å². The zero-order chi connectivity index (χ0) is 10.6. The predicted octanol–water partition coefficient (Wildman–Crippen LogP) is 2.73. The Kier molecular flexibility index (Phi) is 2.94. The molecule has 3 heteroatoms. The number of nitrogens with zero attached hydrogens (tertiary/aromatic N) is 2. The van der Waals surface area contributed by atoms with Crippen molar-refractivity contribution in [2.45, 2.75) is 32.1 Å². The quantitative estimate of drug-likeness (QED) is 0.732. The SMILES string of the molecule is CCC(C)(CC#N)c1cc(C#N)co1. The molecule has 72 valence electrons. The molecule has 0 saturated carbocycles. The lowest BCUT2D eigenvalue weighted by Gasteiger charge is -2.21. The molecule has 1 rings (SSSR count). The van der Waals surface area contributed by atoms with Gasteiger partial charge in [-0.15, -0.1) is 0 Å². The summed E-state index contributed by atoms with van der Waals surface area (Å²) >= 11 is 0. The Labute approximate surface area is 83.6 Å². The van der Waals surface area contributed by atoms with Crippen LogP contribution >= 0.6 is 0 Å². The van der Waals surface area contributed by atoms with Crippen LogP contribution in [-0.2, 0) is 5.41 Å². The third kappa shape index (κ3) is 1.78. The average molecular weight is 188 g/mol.